The molecule has 0 saturated heterocycles. The summed E-state index contributed by atoms with van der Waals surface area (Å²) in [5.74, 6) is 0.517. The van der Waals surface area contributed by atoms with Crippen molar-refractivity contribution in [3.63, 3.8) is 0 Å². The quantitative estimate of drug-likeness (QED) is 0.813. The first-order valence-corrected chi connectivity index (χ1v) is 9.00. The van der Waals surface area contributed by atoms with Gasteiger partial charge in [-0.15, -0.1) is 0 Å². The Hall–Kier alpha value is -1.67. The van der Waals surface area contributed by atoms with Crippen LogP contribution in [0.1, 0.15) is 42.1 Å². The second-order valence-electron chi connectivity index (χ2n) is 6.13. The van der Waals surface area contributed by atoms with Crippen LogP contribution in [0.3, 0.4) is 0 Å². The van der Waals surface area contributed by atoms with E-state index >= 15 is 0 Å². The predicted octanol–water partition coefficient (Wildman–Crippen LogP) is 4.49. The van der Waals surface area contributed by atoms with Gasteiger partial charge in [0.2, 0.25) is 5.13 Å². The molecule has 2 atom stereocenters. The number of alkyl halides is 3. The molecule has 1 heterocycles. The number of aromatic nitrogens is 2. The molecule has 1 aliphatic rings. The average Bonchev–Trinajstić information content (AvgIpc) is 3.22. The molecule has 0 amide bonds. The van der Waals surface area contributed by atoms with E-state index in [1.807, 2.05) is 0 Å². The summed E-state index contributed by atoms with van der Waals surface area (Å²) in [6.07, 6.45) is -1.26. The Kier molecular flexibility index (Phi) is 5.58. The zero-order valence-corrected chi connectivity index (χ0v) is 14.7. The van der Waals surface area contributed by atoms with E-state index in [0.717, 1.165) is 19.3 Å². The minimum atomic E-state index is -4.33. The third kappa shape index (κ3) is 4.30. The predicted molar refractivity (Wildman–Crippen MR) is 90.9 cm³/mol. The highest BCUT2D eigenvalue weighted by atomic mass is 32.1. The minimum absolute atomic E-state index is 0.0632. The fourth-order valence-corrected chi connectivity index (χ4v) is 4.02. The van der Waals surface area contributed by atoms with Gasteiger partial charge in [0, 0.05) is 37.0 Å². The maximum Gasteiger partial charge on any atom is 0.416 e. The number of anilines is 1. The average molecular weight is 371 g/mol. The van der Waals surface area contributed by atoms with Crippen molar-refractivity contribution in [3.05, 3.63) is 41.2 Å². The molecule has 0 bridgehead atoms. The van der Waals surface area contributed by atoms with Crippen LogP contribution in [0.15, 0.2) is 24.3 Å². The van der Waals surface area contributed by atoms with E-state index in [2.05, 4.69) is 14.7 Å². The van der Waals surface area contributed by atoms with Crippen molar-refractivity contribution < 1.29 is 17.9 Å². The molecule has 2 unspecified atom stereocenters. The van der Waals surface area contributed by atoms with Crippen LogP contribution in [0.4, 0.5) is 18.3 Å². The third-order valence-electron chi connectivity index (χ3n) is 4.49. The monoisotopic (exact) mass is 371 g/mol. The van der Waals surface area contributed by atoms with E-state index < -0.39 is 11.7 Å². The van der Waals surface area contributed by atoms with Crippen molar-refractivity contribution in [3.8, 4) is 0 Å². The van der Waals surface area contributed by atoms with Crippen LogP contribution in [0.2, 0.25) is 0 Å². The van der Waals surface area contributed by atoms with Gasteiger partial charge < -0.3 is 10.1 Å². The number of methoxy groups -OCH3 is 1. The van der Waals surface area contributed by atoms with Crippen molar-refractivity contribution in [1.82, 2.24) is 9.36 Å². The Morgan fingerprint density at radius 2 is 2.08 bits per heavy atom. The van der Waals surface area contributed by atoms with Crippen molar-refractivity contribution >= 4 is 16.7 Å². The van der Waals surface area contributed by atoms with E-state index in [9.17, 15) is 13.2 Å². The van der Waals surface area contributed by atoms with Gasteiger partial charge in [-0.05, 0) is 24.5 Å². The molecule has 136 valence electrons. The number of nitrogens with zero attached hydrogens (tertiary/aromatic N) is 2. The SMILES string of the molecule is COCCc1nsc(NC2CCCC2c2ccccc2C(F)(F)F)n1. The molecule has 1 saturated carbocycles. The van der Waals surface area contributed by atoms with Crippen LogP contribution >= 0.6 is 11.5 Å². The molecule has 1 aliphatic carbocycles. The summed E-state index contributed by atoms with van der Waals surface area (Å²) in [6.45, 7) is 0.543. The molecule has 1 aromatic carbocycles. The van der Waals surface area contributed by atoms with Crippen molar-refractivity contribution in [1.29, 1.82) is 0 Å². The summed E-state index contributed by atoms with van der Waals surface area (Å²) >= 11 is 1.24. The van der Waals surface area contributed by atoms with Gasteiger partial charge in [0.05, 0.1) is 12.2 Å². The summed E-state index contributed by atoms with van der Waals surface area (Å²) in [7, 11) is 1.62. The van der Waals surface area contributed by atoms with Gasteiger partial charge in [0.25, 0.3) is 0 Å². The zero-order chi connectivity index (χ0) is 17.9. The number of hydrogen-bond acceptors (Lipinski definition) is 5. The number of nitrogens with one attached hydrogen (secondary N) is 1. The molecule has 0 radical (unpaired) electrons. The molecule has 1 fully saturated rings. The van der Waals surface area contributed by atoms with Gasteiger partial charge in [0.1, 0.15) is 5.82 Å². The van der Waals surface area contributed by atoms with Gasteiger partial charge in [-0.3, -0.25) is 0 Å². The number of halogens is 3. The number of rotatable bonds is 6. The topological polar surface area (TPSA) is 47.0 Å². The largest absolute Gasteiger partial charge is 0.416 e. The number of hydrogen-bond donors (Lipinski definition) is 1. The maximum atomic E-state index is 13.3. The molecule has 4 nitrogen and oxygen atoms in total. The van der Waals surface area contributed by atoms with Crippen LogP contribution in [0.5, 0.6) is 0 Å². The van der Waals surface area contributed by atoms with E-state index in [-0.39, 0.29) is 12.0 Å². The van der Waals surface area contributed by atoms with Crippen LogP contribution in [-0.2, 0) is 17.3 Å². The molecule has 3 rings (SSSR count). The standard InChI is InChI=1S/C17H20F3N3OS/c1-24-10-9-15-22-16(25-23-15)21-14-8-4-6-12(14)11-5-2-3-7-13(11)17(18,19)20/h2-3,5,7,12,14H,4,6,8-10H2,1H3,(H,21,22,23). The maximum absolute atomic E-state index is 13.3. The van der Waals surface area contributed by atoms with Crippen molar-refractivity contribution in [2.45, 2.75) is 43.8 Å². The Labute approximate surface area is 148 Å². The fourth-order valence-electron chi connectivity index (χ4n) is 3.35. The van der Waals surface area contributed by atoms with Crippen molar-refractivity contribution in [2.24, 2.45) is 0 Å². The van der Waals surface area contributed by atoms with E-state index in [1.54, 1.807) is 19.2 Å². The zero-order valence-electron chi connectivity index (χ0n) is 13.8. The van der Waals surface area contributed by atoms with Gasteiger partial charge in [-0.25, -0.2) is 4.98 Å². The smallest absolute Gasteiger partial charge is 0.384 e. The lowest BCUT2D eigenvalue weighted by atomic mass is 9.90. The summed E-state index contributed by atoms with van der Waals surface area (Å²) in [5.41, 5.74) is -0.166. The Bertz CT molecular complexity index is 704. The molecular weight excluding hydrogens is 351 g/mol. The van der Waals surface area contributed by atoms with E-state index in [4.69, 9.17) is 4.74 Å². The molecule has 0 aliphatic heterocycles. The number of ether oxygens (including phenoxy) is 1. The molecule has 1 N–H and O–H groups in total. The lowest BCUT2D eigenvalue weighted by Crippen LogP contribution is -2.24. The minimum Gasteiger partial charge on any atom is -0.384 e. The number of benzene rings is 1. The first-order chi connectivity index (χ1) is 12.0. The first-order valence-electron chi connectivity index (χ1n) is 8.23. The van der Waals surface area contributed by atoms with E-state index in [1.165, 1.54) is 23.7 Å². The summed E-state index contributed by atoms with van der Waals surface area (Å²) in [4.78, 5) is 4.40. The fraction of sp³-hybridized carbons (Fsp3) is 0.529. The first kappa shape index (κ1) is 18.1. The van der Waals surface area contributed by atoms with Crippen LogP contribution < -0.4 is 5.32 Å². The Balaban J connectivity index is 1.76. The molecule has 25 heavy (non-hydrogen) atoms. The lowest BCUT2D eigenvalue weighted by molar-refractivity contribution is -0.138. The molecular formula is C17H20F3N3OS. The van der Waals surface area contributed by atoms with E-state index in [0.29, 0.717) is 29.5 Å². The highest BCUT2D eigenvalue weighted by molar-refractivity contribution is 7.09. The molecule has 2 aromatic rings. The highest BCUT2D eigenvalue weighted by Gasteiger charge is 2.38. The van der Waals surface area contributed by atoms with Crippen molar-refractivity contribution in [2.75, 3.05) is 19.0 Å². The highest BCUT2D eigenvalue weighted by Crippen LogP contribution is 2.42. The van der Waals surface area contributed by atoms with Gasteiger partial charge in [-0.2, -0.15) is 17.5 Å². The van der Waals surface area contributed by atoms with Crippen LogP contribution in [0.25, 0.3) is 0 Å². The second kappa shape index (κ2) is 7.70. The Morgan fingerprint density at radius 3 is 2.84 bits per heavy atom. The summed E-state index contributed by atoms with van der Waals surface area (Å²) in [6, 6.07) is 5.81. The summed E-state index contributed by atoms with van der Waals surface area (Å²) in [5, 5.41) is 3.96. The van der Waals surface area contributed by atoms with Gasteiger partial charge in [0.15, 0.2) is 0 Å². The normalized spacial score (nSPS) is 20.8. The second-order valence-corrected chi connectivity index (χ2v) is 6.88. The molecule has 8 heteroatoms. The van der Waals surface area contributed by atoms with Gasteiger partial charge >= 0.3 is 6.18 Å². The summed E-state index contributed by atoms with van der Waals surface area (Å²) < 4.78 is 49.2. The Morgan fingerprint density at radius 1 is 1.28 bits per heavy atom. The third-order valence-corrected chi connectivity index (χ3v) is 5.17. The van der Waals surface area contributed by atoms with Crippen LogP contribution in [-0.4, -0.2) is 29.1 Å². The molecule has 1 aromatic heterocycles. The van der Waals surface area contributed by atoms with Gasteiger partial charge in [-0.1, -0.05) is 24.6 Å². The lowest BCUT2D eigenvalue weighted by Gasteiger charge is -2.24. The van der Waals surface area contributed by atoms with Crippen LogP contribution in [0, 0.1) is 0 Å². The molecule has 0 spiro atoms.